The second-order valence-electron chi connectivity index (χ2n) is 5.50. The van der Waals surface area contributed by atoms with Gasteiger partial charge in [0.1, 0.15) is 5.75 Å². The van der Waals surface area contributed by atoms with Gasteiger partial charge in [-0.3, -0.25) is 14.5 Å². The van der Waals surface area contributed by atoms with Crippen molar-refractivity contribution in [2.45, 2.75) is 6.92 Å². The number of carbonyl (C=O) groups excluding carboxylic acids is 2. The van der Waals surface area contributed by atoms with Gasteiger partial charge in [-0.1, -0.05) is 36.4 Å². The van der Waals surface area contributed by atoms with Crippen LogP contribution in [0.3, 0.4) is 0 Å². The van der Waals surface area contributed by atoms with Crippen molar-refractivity contribution in [2.24, 2.45) is 0 Å². The molecule has 0 bridgehead atoms. The molecule has 0 aromatic heterocycles. The molecule has 3 rings (SSSR count). The maximum Gasteiger partial charge on any atom is 0.295 e. The van der Waals surface area contributed by atoms with E-state index < -0.39 is 0 Å². The van der Waals surface area contributed by atoms with Crippen molar-refractivity contribution < 1.29 is 14.3 Å². The summed E-state index contributed by atoms with van der Waals surface area (Å²) in [6.07, 6.45) is 1.69. The Morgan fingerprint density at radius 1 is 1.12 bits per heavy atom. The van der Waals surface area contributed by atoms with Gasteiger partial charge in [0.2, 0.25) is 0 Å². The van der Waals surface area contributed by atoms with Gasteiger partial charge >= 0.3 is 0 Å². The zero-order valence-corrected chi connectivity index (χ0v) is 14.8. The summed E-state index contributed by atoms with van der Waals surface area (Å²) < 4.78 is 5.29. The first-order chi connectivity index (χ1) is 12.1. The molecule has 1 heterocycles. The molecule has 1 N–H and O–H groups in total. The number of methoxy groups -OCH3 is 1. The molecule has 2 aromatic rings. The number of nitrogens with zero attached hydrogens (tertiary/aromatic N) is 1. The molecule has 0 atom stereocenters. The fraction of sp³-hybridized carbons (Fsp3) is 0.158. The van der Waals surface area contributed by atoms with Gasteiger partial charge in [-0.15, -0.1) is 0 Å². The number of ether oxygens (including phenoxy) is 1. The van der Waals surface area contributed by atoms with E-state index in [2.05, 4.69) is 5.32 Å². The standard InChI is InChI=1S/C19H18N2O3S/c1-13-7-3-5-9-15(13)20-12-21-18(22)17(25-19(21)23)11-14-8-4-6-10-16(14)24-2/h3-11,20H,12H2,1-2H3/b17-11-. The Labute approximate surface area is 150 Å². The Balaban J connectivity index is 1.76. The lowest BCUT2D eigenvalue weighted by molar-refractivity contribution is -0.122. The lowest BCUT2D eigenvalue weighted by Crippen LogP contribution is -2.33. The minimum absolute atomic E-state index is 0.138. The molecule has 6 heteroatoms. The predicted octanol–water partition coefficient (Wildman–Crippen LogP) is 4.11. The quantitative estimate of drug-likeness (QED) is 0.819. The molecule has 128 valence electrons. The van der Waals surface area contributed by atoms with Crippen LogP contribution < -0.4 is 10.1 Å². The number of aryl methyl sites for hydroxylation is 1. The van der Waals surface area contributed by atoms with E-state index in [1.54, 1.807) is 13.2 Å². The number of carbonyl (C=O) groups is 2. The van der Waals surface area contributed by atoms with E-state index >= 15 is 0 Å². The monoisotopic (exact) mass is 354 g/mol. The molecule has 1 aliphatic rings. The van der Waals surface area contributed by atoms with Gasteiger partial charge in [-0.2, -0.15) is 0 Å². The number of anilines is 1. The van der Waals surface area contributed by atoms with E-state index in [4.69, 9.17) is 4.74 Å². The first kappa shape index (κ1) is 17.1. The van der Waals surface area contributed by atoms with E-state index in [0.29, 0.717) is 10.7 Å². The maximum atomic E-state index is 12.6. The Kier molecular flexibility index (Phi) is 5.09. The Morgan fingerprint density at radius 2 is 1.84 bits per heavy atom. The minimum Gasteiger partial charge on any atom is -0.496 e. The summed E-state index contributed by atoms with van der Waals surface area (Å²) in [5, 5.41) is 2.86. The third-order valence-corrected chi connectivity index (χ3v) is 4.78. The van der Waals surface area contributed by atoms with Gasteiger partial charge in [0.25, 0.3) is 11.1 Å². The van der Waals surface area contributed by atoms with E-state index in [-0.39, 0.29) is 17.8 Å². The topological polar surface area (TPSA) is 58.6 Å². The normalized spacial score (nSPS) is 15.8. The average Bonchev–Trinajstić information content (AvgIpc) is 2.88. The fourth-order valence-electron chi connectivity index (χ4n) is 2.50. The van der Waals surface area contributed by atoms with E-state index in [1.807, 2.05) is 55.5 Å². The van der Waals surface area contributed by atoms with Gasteiger partial charge in [0, 0.05) is 11.3 Å². The summed E-state index contributed by atoms with van der Waals surface area (Å²) >= 11 is 0.938. The Bertz CT molecular complexity index is 848. The molecule has 0 saturated carbocycles. The molecule has 0 spiro atoms. The van der Waals surface area contributed by atoms with Gasteiger partial charge in [0.05, 0.1) is 18.7 Å². The molecule has 5 nitrogen and oxygen atoms in total. The number of thioether (sulfide) groups is 1. The Morgan fingerprint density at radius 3 is 2.60 bits per heavy atom. The predicted molar refractivity (Wildman–Crippen MR) is 100 cm³/mol. The summed E-state index contributed by atoms with van der Waals surface area (Å²) in [6, 6.07) is 15.1. The maximum absolute atomic E-state index is 12.6. The highest BCUT2D eigenvalue weighted by Crippen LogP contribution is 2.33. The Hall–Kier alpha value is -2.73. The first-order valence-corrected chi connectivity index (χ1v) is 8.59. The number of hydrogen-bond acceptors (Lipinski definition) is 5. The third kappa shape index (κ3) is 3.69. The molecular weight excluding hydrogens is 336 g/mol. The highest BCUT2D eigenvalue weighted by Gasteiger charge is 2.35. The van der Waals surface area contributed by atoms with Crippen molar-refractivity contribution >= 4 is 34.7 Å². The number of rotatable bonds is 5. The van der Waals surface area contributed by atoms with E-state index in [0.717, 1.165) is 28.6 Å². The molecule has 1 fully saturated rings. The SMILES string of the molecule is COc1ccccc1/C=C1\SC(=O)N(CNc2ccccc2C)C1=O. The number of nitrogens with one attached hydrogen (secondary N) is 1. The van der Waals surface area contributed by atoms with Crippen LogP contribution in [0.5, 0.6) is 5.75 Å². The van der Waals surface area contributed by atoms with Crippen molar-refractivity contribution in [3.63, 3.8) is 0 Å². The number of imide groups is 1. The smallest absolute Gasteiger partial charge is 0.295 e. The molecular formula is C19H18N2O3S. The van der Waals surface area contributed by atoms with Crippen LogP contribution in [0.15, 0.2) is 53.4 Å². The average molecular weight is 354 g/mol. The number of benzene rings is 2. The fourth-order valence-corrected chi connectivity index (χ4v) is 3.33. The highest BCUT2D eigenvalue weighted by atomic mass is 32.2. The van der Waals surface area contributed by atoms with Crippen LogP contribution in [0.1, 0.15) is 11.1 Å². The summed E-state index contributed by atoms with van der Waals surface area (Å²) in [6.45, 7) is 2.11. The van der Waals surface area contributed by atoms with Crippen LogP contribution in [0.25, 0.3) is 6.08 Å². The van der Waals surface area contributed by atoms with Crippen molar-refractivity contribution in [1.29, 1.82) is 0 Å². The summed E-state index contributed by atoms with van der Waals surface area (Å²) in [5.74, 6) is 0.356. The van der Waals surface area contributed by atoms with Crippen molar-refractivity contribution in [3.8, 4) is 5.75 Å². The number of para-hydroxylation sites is 2. The van der Waals surface area contributed by atoms with Crippen LogP contribution in [0, 0.1) is 6.92 Å². The summed E-state index contributed by atoms with van der Waals surface area (Å²) in [7, 11) is 1.57. The van der Waals surface area contributed by atoms with Gasteiger partial charge < -0.3 is 10.1 Å². The molecule has 0 aliphatic carbocycles. The van der Waals surface area contributed by atoms with Crippen LogP contribution in [0.2, 0.25) is 0 Å². The molecule has 1 saturated heterocycles. The second kappa shape index (κ2) is 7.44. The number of hydrogen-bond donors (Lipinski definition) is 1. The molecule has 25 heavy (non-hydrogen) atoms. The summed E-state index contributed by atoms with van der Waals surface area (Å²) in [4.78, 5) is 26.4. The van der Waals surface area contributed by atoms with Crippen LogP contribution >= 0.6 is 11.8 Å². The number of amides is 2. The first-order valence-electron chi connectivity index (χ1n) is 7.78. The zero-order valence-electron chi connectivity index (χ0n) is 14.0. The van der Waals surface area contributed by atoms with Gasteiger partial charge in [-0.05, 0) is 42.5 Å². The van der Waals surface area contributed by atoms with E-state index in [1.165, 1.54) is 4.90 Å². The van der Waals surface area contributed by atoms with Crippen molar-refractivity contribution in [1.82, 2.24) is 4.90 Å². The minimum atomic E-state index is -0.304. The second-order valence-corrected chi connectivity index (χ2v) is 6.49. The molecule has 2 aromatic carbocycles. The zero-order chi connectivity index (χ0) is 17.8. The van der Waals surface area contributed by atoms with Crippen LogP contribution in [0.4, 0.5) is 10.5 Å². The van der Waals surface area contributed by atoms with Crippen LogP contribution in [-0.4, -0.2) is 29.8 Å². The lowest BCUT2D eigenvalue weighted by Gasteiger charge is -2.15. The summed E-state index contributed by atoms with van der Waals surface area (Å²) in [5.41, 5.74) is 2.72. The van der Waals surface area contributed by atoms with Gasteiger partial charge in [-0.25, -0.2) is 0 Å². The largest absolute Gasteiger partial charge is 0.496 e. The molecule has 1 aliphatic heterocycles. The third-order valence-electron chi connectivity index (χ3n) is 3.87. The molecule has 0 radical (unpaired) electrons. The highest BCUT2D eigenvalue weighted by molar-refractivity contribution is 8.18. The van der Waals surface area contributed by atoms with Crippen LogP contribution in [-0.2, 0) is 4.79 Å². The molecule has 0 unspecified atom stereocenters. The lowest BCUT2D eigenvalue weighted by atomic mass is 10.2. The van der Waals surface area contributed by atoms with Crippen molar-refractivity contribution in [3.05, 3.63) is 64.6 Å². The van der Waals surface area contributed by atoms with E-state index in [9.17, 15) is 9.59 Å². The van der Waals surface area contributed by atoms with Gasteiger partial charge in [0.15, 0.2) is 0 Å². The molecule has 2 amide bonds. The van der Waals surface area contributed by atoms with Crippen molar-refractivity contribution in [2.75, 3.05) is 19.1 Å².